The number of hydrogen-bond acceptors (Lipinski definition) is 4. The highest BCUT2D eigenvalue weighted by molar-refractivity contribution is 5.80. The van der Waals surface area contributed by atoms with Crippen molar-refractivity contribution in [2.45, 2.75) is 33.3 Å². The van der Waals surface area contributed by atoms with Crippen LogP contribution in [-0.2, 0) is 11.2 Å². The van der Waals surface area contributed by atoms with Crippen molar-refractivity contribution in [2.24, 2.45) is 5.73 Å². The normalized spacial score (nSPS) is 11.9. The summed E-state index contributed by atoms with van der Waals surface area (Å²) in [7, 11) is 1.62. The van der Waals surface area contributed by atoms with Crippen LogP contribution in [0.25, 0.3) is 0 Å². The predicted molar refractivity (Wildman–Crippen MR) is 83.8 cm³/mol. The number of hydrogen-bond donors (Lipinski definition) is 1. The maximum absolute atomic E-state index is 12.3. The van der Waals surface area contributed by atoms with E-state index in [0.717, 1.165) is 11.3 Å². The molecule has 5 nitrogen and oxygen atoms in total. The largest absolute Gasteiger partial charge is 0.497 e. The van der Waals surface area contributed by atoms with Crippen LogP contribution in [0.1, 0.15) is 26.3 Å². The van der Waals surface area contributed by atoms with Crippen molar-refractivity contribution in [1.82, 2.24) is 4.90 Å². The first kappa shape index (κ1) is 17.3. The average Bonchev–Trinajstić information content (AvgIpc) is 2.50. The van der Waals surface area contributed by atoms with E-state index in [1.54, 1.807) is 18.9 Å². The van der Waals surface area contributed by atoms with Crippen LogP contribution >= 0.6 is 0 Å². The van der Waals surface area contributed by atoms with Crippen LogP contribution in [0.2, 0.25) is 0 Å². The smallest absolute Gasteiger partial charge is 0.263 e. The molecule has 1 aromatic rings. The fourth-order valence-corrected chi connectivity index (χ4v) is 2.18. The number of benzene rings is 1. The summed E-state index contributed by atoms with van der Waals surface area (Å²) in [5, 5.41) is 0. The maximum atomic E-state index is 12.3. The molecule has 0 heterocycles. The first-order chi connectivity index (χ1) is 10.1. The van der Waals surface area contributed by atoms with Gasteiger partial charge < -0.3 is 20.1 Å². The fourth-order valence-electron chi connectivity index (χ4n) is 2.18. The number of likely N-dealkylation sites (N-methyl/N-ethyl adjacent to an activating group) is 1. The molecule has 0 bridgehead atoms. The van der Waals surface area contributed by atoms with Crippen LogP contribution in [-0.4, -0.2) is 43.7 Å². The SMILES string of the molecule is CCN(CC)C(=O)C(C)Oc1ccc(OC)cc1CCN. The molecule has 0 aliphatic heterocycles. The van der Waals surface area contributed by atoms with Crippen molar-refractivity contribution in [1.29, 1.82) is 0 Å². The minimum Gasteiger partial charge on any atom is -0.497 e. The summed E-state index contributed by atoms with van der Waals surface area (Å²) in [5.74, 6) is 1.44. The lowest BCUT2D eigenvalue weighted by molar-refractivity contribution is -0.137. The molecule has 0 saturated heterocycles. The Hall–Kier alpha value is -1.75. The second kappa shape index (κ2) is 8.52. The number of ether oxygens (including phenoxy) is 2. The summed E-state index contributed by atoms with van der Waals surface area (Å²) < 4.78 is 11.1. The molecule has 1 atom stereocenters. The Morgan fingerprint density at radius 1 is 1.33 bits per heavy atom. The molecule has 118 valence electrons. The Labute approximate surface area is 127 Å². The predicted octanol–water partition coefficient (Wildman–Crippen LogP) is 1.83. The first-order valence-corrected chi connectivity index (χ1v) is 7.39. The molecule has 0 aromatic heterocycles. The van der Waals surface area contributed by atoms with Gasteiger partial charge in [0.15, 0.2) is 6.10 Å². The molecule has 21 heavy (non-hydrogen) atoms. The van der Waals surface area contributed by atoms with Gasteiger partial charge >= 0.3 is 0 Å². The summed E-state index contributed by atoms with van der Waals surface area (Å²) in [6, 6.07) is 5.55. The summed E-state index contributed by atoms with van der Waals surface area (Å²) in [6.45, 7) is 7.57. The van der Waals surface area contributed by atoms with Gasteiger partial charge in [0.2, 0.25) is 0 Å². The highest BCUT2D eigenvalue weighted by Crippen LogP contribution is 2.25. The summed E-state index contributed by atoms with van der Waals surface area (Å²) >= 11 is 0. The van der Waals surface area contributed by atoms with Crippen molar-refractivity contribution >= 4 is 5.91 Å². The molecule has 1 rings (SSSR count). The summed E-state index contributed by atoms with van der Waals surface area (Å²) in [4.78, 5) is 14.0. The van der Waals surface area contributed by atoms with Crippen molar-refractivity contribution < 1.29 is 14.3 Å². The van der Waals surface area contributed by atoms with Crippen LogP contribution < -0.4 is 15.2 Å². The number of amides is 1. The van der Waals surface area contributed by atoms with Crippen LogP contribution in [0.15, 0.2) is 18.2 Å². The molecule has 1 aromatic carbocycles. The third-order valence-corrected chi connectivity index (χ3v) is 3.41. The summed E-state index contributed by atoms with van der Waals surface area (Å²) in [6.07, 6.45) is 0.161. The molecule has 2 N–H and O–H groups in total. The lowest BCUT2D eigenvalue weighted by Gasteiger charge is -2.24. The minimum atomic E-state index is -0.519. The van der Waals surface area contributed by atoms with Crippen molar-refractivity contribution in [3.8, 4) is 11.5 Å². The standard InChI is InChI=1S/C16H26N2O3/c1-5-18(6-2)16(19)12(3)21-15-8-7-14(20-4)11-13(15)9-10-17/h7-8,11-12H,5-6,9-10,17H2,1-4H3. The van der Waals surface area contributed by atoms with Crippen LogP contribution in [0, 0.1) is 0 Å². The lowest BCUT2D eigenvalue weighted by atomic mass is 10.1. The van der Waals surface area contributed by atoms with E-state index in [-0.39, 0.29) is 5.91 Å². The highest BCUT2D eigenvalue weighted by Gasteiger charge is 2.20. The van der Waals surface area contributed by atoms with Gasteiger partial charge in [-0.15, -0.1) is 0 Å². The van der Waals surface area contributed by atoms with Gasteiger partial charge in [0.25, 0.3) is 5.91 Å². The number of nitrogens with zero attached hydrogens (tertiary/aromatic N) is 1. The van der Waals surface area contributed by atoms with E-state index in [0.29, 0.717) is 31.8 Å². The highest BCUT2D eigenvalue weighted by atomic mass is 16.5. The first-order valence-electron chi connectivity index (χ1n) is 7.39. The van der Waals surface area contributed by atoms with Gasteiger partial charge in [0.05, 0.1) is 7.11 Å². The molecule has 0 spiro atoms. The van der Waals surface area contributed by atoms with Crippen molar-refractivity contribution in [2.75, 3.05) is 26.7 Å². The van der Waals surface area contributed by atoms with Crippen molar-refractivity contribution in [3.63, 3.8) is 0 Å². The zero-order valence-electron chi connectivity index (χ0n) is 13.4. The van der Waals surface area contributed by atoms with Gasteiger partial charge in [-0.25, -0.2) is 0 Å². The number of methoxy groups -OCH3 is 1. The minimum absolute atomic E-state index is 0.00508. The molecule has 0 saturated carbocycles. The zero-order valence-corrected chi connectivity index (χ0v) is 13.4. The number of nitrogens with two attached hydrogens (primary N) is 1. The van der Waals surface area contributed by atoms with E-state index in [9.17, 15) is 4.79 Å². The van der Waals surface area contributed by atoms with Crippen molar-refractivity contribution in [3.05, 3.63) is 23.8 Å². The molecule has 0 aliphatic rings. The third-order valence-electron chi connectivity index (χ3n) is 3.41. The number of carbonyl (C=O) groups is 1. The van der Waals surface area contributed by atoms with Gasteiger partial charge in [-0.2, -0.15) is 0 Å². The van der Waals surface area contributed by atoms with Gasteiger partial charge in [0.1, 0.15) is 11.5 Å². The molecule has 0 fully saturated rings. The fraction of sp³-hybridized carbons (Fsp3) is 0.562. The van der Waals surface area contributed by atoms with Crippen LogP contribution in [0.5, 0.6) is 11.5 Å². The van der Waals surface area contributed by atoms with Gasteiger partial charge in [-0.1, -0.05) is 0 Å². The third kappa shape index (κ3) is 4.63. The molecule has 1 unspecified atom stereocenters. The van der Waals surface area contributed by atoms with E-state index in [1.165, 1.54) is 0 Å². The van der Waals surface area contributed by atoms with Crippen LogP contribution in [0.4, 0.5) is 0 Å². The van der Waals surface area contributed by atoms with Gasteiger partial charge in [-0.05, 0) is 57.5 Å². The van der Waals surface area contributed by atoms with E-state index in [1.807, 2.05) is 32.0 Å². The Morgan fingerprint density at radius 2 is 2.00 bits per heavy atom. The molecular formula is C16H26N2O3. The number of carbonyl (C=O) groups excluding carboxylic acids is 1. The zero-order chi connectivity index (χ0) is 15.8. The lowest BCUT2D eigenvalue weighted by Crippen LogP contribution is -2.40. The summed E-state index contributed by atoms with van der Waals surface area (Å²) in [5.41, 5.74) is 6.59. The number of rotatable bonds is 8. The Balaban J connectivity index is 2.88. The van der Waals surface area contributed by atoms with E-state index in [2.05, 4.69) is 0 Å². The Bertz CT molecular complexity index is 459. The van der Waals surface area contributed by atoms with Gasteiger partial charge in [-0.3, -0.25) is 4.79 Å². The molecule has 0 radical (unpaired) electrons. The molecule has 5 heteroatoms. The second-order valence-electron chi connectivity index (χ2n) is 4.78. The monoisotopic (exact) mass is 294 g/mol. The molecule has 0 aliphatic carbocycles. The average molecular weight is 294 g/mol. The maximum Gasteiger partial charge on any atom is 0.263 e. The molecular weight excluding hydrogens is 268 g/mol. The van der Waals surface area contributed by atoms with E-state index >= 15 is 0 Å². The van der Waals surface area contributed by atoms with E-state index in [4.69, 9.17) is 15.2 Å². The molecule has 1 amide bonds. The Kier molecular flexibility index (Phi) is 7.02. The van der Waals surface area contributed by atoms with Gasteiger partial charge in [0, 0.05) is 13.1 Å². The quantitative estimate of drug-likeness (QED) is 0.794. The topological polar surface area (TPSA) is 64.8 Å². The van der Waals surface area contributed by atoms with Crippen LogP contribution in [0.3, 0.4) is 0 Å². The second-order valence-corrected chi connectivity index (χ2v) is 4.78. The Morgan fingerprint density at radius 3 is 2.52 bits per heavy atom. The van der Waals surface area contributed by atoms with E-state index < -0.39 is 6.10 Å².